The van der Waals surface area contributed by atoms with Crippen LogP contribution in [0.25, 0.3) is 0 Å². The maximum Gasteiger partial charge on any atom is 0.243 e. The number of hydrogen-bond donors (Lipinski definition) is 1. The lowest BCUT2D eigenvalue weighted by Crippen LogP contribution is -2.73. The molecule has 2 aliphatic rings. The number of fused-ring (bicyclic) bond motifs is 1. The summed E-state index contributed by atoms with van der Waals surface area (Å²) in [5, 5.41) is 10.0. The Morgan fingerprint density at radius 3 is 2.23 bits per heavy atom. The molecule has 2 saturated heterocycles. The van der Waals surface area contributed by atoms with E-state index in [1.54, 1.807) is 35.2 Å². The van der Waals surface area contributed by atoms with Gasteiger partial charge in [0.25, 0.3) is 0 Å². The van der Waals surface area contributed by atoms with Gasteiger partial charge in [-0.05, 0) is 35.4 Å². The summed E-state index contributed by atoms with van der Waals surface area (Å²) in [6.07, 6.45) is 0.669. The number of carbonyl (C=O) groups is 1. The average Bonchev–Trinajstić information content (AvgIpc) is 2.87. The second-order valence-corrected chi connectivity index (χ2v) is 10.8. The minimum absolute atomic E-state index is 0.149. The first kappa shape index (κ1) is 23.3. The Bertz CT molecular complexity index is 1360. The van der Waals surface area contributed by atoms with Crippen molar-refractivity contribution in [2.24, 2.45) is 0 Å². The number of amides is 1. The molecule has 0 aliphatic carbocycles. The SMILES string of the molecule is O=C1CN(S(=O)(=O)c2ccccc2)C[C@H]2[C@H](c3ccc(C#CCc4ccccc4)cc3)[C@H](CO)N12. The quantitative estimate of drug-likeness (QED) is 0.563. The second kappa shape index (κ2) is 9.67. The monoisotopic (exact) mass is 486 g/mol. The molecule has 0 unspecified atom stereocenters. The maximum absolute atomic E-state index is 13.1. The Morgan fingerprint density at radius 2 is 1.57 bits per heavy atom. The van der Waals surface area contributed by atoms with Crippen LogP contribution in [0.4, 0.5) is 0 Å². The zero-order valence-electron chi connectivity index (χ0n) is 19.1. The van der Waals surface area contributed by atoms with Crippen LogP contribution in [0.3, 0.4) is 0 Å². The van der Waals surface area contributed by atoms with Crippen molar-refractivity contribution in [3.8, 4) is 11.8 Å². The number of rotatable bonds is 5. The molecule has 35 heavy (non-hydrogen) atoms. The minimum atomic E-state index is -3.78. The first-order chi connectivity index (χ1) is 17.0. The summed E-state index contributed by atoms with van der Waals surface area (Å²) in [4.78, 5) is 14.7. The van der Waals surface area contributed by atoms with Crippen LogP contribution in [-0.4, -0.2) is 60.4 Å². The van der Waals surface area contributed by atoms with E-state index < -0.39 is 10.0 Å². The van der Waals surface area contributed by atoms with E-state index >= 15 is 0 Å². The third-order valence-corrected chi connectivity index (χ3v) is 8.59. The third-order valence-electron chi connectivity index (χ3n) is 6.77. The Balaban J connectivity index is 1.34. The van der Waals surface area contributed by atoms with Crippen molar-refractivity contribution in [1.29, 1.82) is 0 Å². The molecule has 1 N–H and O–H groups in total. The molecule has 3 aromatic rings. The molecule has 2 fully saturated rings. The van der Waals surface area contributed by atoms with Crippen molar-refractivity contribution >= 4 is 15.9 Å². The molecule has 0 spiro atoms. The van der Waals surface area contributed by atoms with Crippen molar-refractivity contribution in [2.75, 3.05) is 19.7 Å². The Morgan fingerprint density at radius 1 is 0.914 bits per heavy atom. The van der Waals surface area contributed by atoms with Crippen LogP contribution < -0.4 is 0 Å². The number of hydrogen-bond acceptors (Lipinski definition) is 4. The van der Waals surface area contributed by atoms with E-state index in [9.17, 15) is 18.3 Å². The number of carbonyl (C=O) groups excluding carboxylic acids is 1. The van der Waals surface area contributed by atoms with Gasteiger partial charge in [0, 0.05) is 24.4 Å². The van der Waals surface area contributed by atoms with Crippen LogP contribution >= 0.6 is 0 Å². The molecule has 2 heterocycles. The van der Waals surface area contributed by atoms with Crippen LogP contribution in [-0.2, 0) is 21.2 Å². The molecule has 0 bridgehead atoms. The fourth-order valence-electron chi connectivity index (χ4n) is 5.03. The highest BCUT2D eigenvalue weighted by Crippen LogP contribution is 2.43. The van der Waals surface area contributed by atoms with Gasteiger partial charge in [-0.25, -0.2) is 8.42 Å². The van der Waals surface area contributed by atoms with Gasteiger partial charge in [-0.3, -0.25) is 4.79 Å². The van der Waals surface area contributed by atoms with Crippen LogP contribution in [0.15, 0.2) is 89.8 Å². The molecule has 6 nitrogen and oxygen atoms in total. The molecule has 0 saturated carbocycles. The van der Waals surface area contributed by atoms with Gasteiger partial charge in [-0.15, -0.1) is 0 Å². The average molecular weight is 487 g/mol. The number of benzene rings is 3. The minimum Gasteiger partial charge on any atom is -0.394 e. The van der Waals surface area contributed by atoms with Gasteiger partial charge in [-0.2, -0.15) is 4.31 Å². The van der Waals surface area contributed by atoms with Gasteiger partial charge >= 0.3 is 0 Å². The summed E-state index contributed by atoms with van der Waals surface area (Å²) in [5.74, 6) is 5.94. The maximum atomic E-state index is 13.1. The first-order valence-corrected chi connectivity index (χ1v) is 13.0. The normalized spacial score (nSPS) is 22.0. The molecular weight excluding hydrogens is 460 g/mol. The van der Waals surface area contributed by atoms with Crippen LogP contribution in [0.1, 0.15) is 22.6 Å². The molecule has 0 radical (unpaired) electrons. The number of nitrogens with zero attached hydrogens (tertiary/aromatic N) is 2. The predicted octanol–water partition coefficient (Wildman–Crippen LogP) is 2.64. The number of aliphatic hydroxyl groups is 1. The number of aliphatic hydroxyl groups excluding tert-OH is 1. The van der Waals surface area contributed by atoms with E-state index in [0.29, 0.717) is 6.42 Å². The summed E-state index contributed by atoms with van der Waals surface area (Å²) >= 11 is 0. The molecule has 7 heteroatoms. The lowest BCUT2D eigenvalue weighted by atomic mass is 9.74. The third kappa shape index (κ3) is 4.48. The fraction of sp³-hybridized carbons (Fsp3) is 0.250. The summed E-state index contributed by atoms with van der Waals surface area (Å²) in [6.45, 7) is -0.188. The van der Waals surface area contributed by atoms with Gasteiger partial charge in [0.1, 0.15) is 0 Å². The highest BCUT2D eigenvalue weighted by Gasteiger charge is 2.55. The fourth-order valence-corrected chi connectivity index (χ4v) is 6.46. The standard InChI is InChI=1S/C28H26N2O4S/c31-20-26-28(23-16-14-22(15-17-23)11-7-10-21-8-3-1-4-9-21)25-18-29(19-27(32)30(25)26)35(33,34)24-12-5-2-6-13-24/h1-6,8-9,12-17,25-26,28,31H,10,18-20H2/t25-,26-,28-/m0/s1. The van der Waals surface area contributed by atoms with Crippen LogP contribution in [0, 0.1) is 11.8 Å². The summed E-state index contributed by atoms with van der Waals surface area (Å²) in [6, 6.07) is 25.4. The molecule has 3 aromatic carbocycles. The Hall–Kier alpha value is -3.44. The highest BCUT2D eigenvalue weighted by atomic mass is 32.2. The van der Waals surface area contributed by atoms with Crippen molar-refractivity contribution in [3.05, 3.63) is 102 Å². The molecule has 1 amide bonds. The smallest absolute Gasteiger partial charge is 0.243 e. The van der Waals surface area contributed by atoms with Crippen molar-refractivity contribution in [1.82, 2.24) is 9.21 Å². The zero-order valence-corrected chi connectivity index (χ0v) is 19.9. The van der Waals surface area contributed by atoms with E-state index in [2.05, 4.69) is 11.8 Å². The van der Waals surface area contributed by atoms with Crippen molar-refractivity contribution < 1.29 is 18.3 Å². The molecule has 0 aromatic heterocycles. The van der Waals surface area contributed by atoms with Gasteiger partial charge in [0.05, 0.1) is 30.1 Å². The predicted molar refractivity (Wildman–Crippen MR) is 133 cm³/mol. The van der Waals surface area contributed by atoms with E-state index in [1.165, 1.54) is 4.31 Å². The van der Waals surface area contributed by atoms with Crippen LogP contribution in [0.2, 0.25) is 0 Å². The van der Waals surface area contributed by atoms with E-state index in [4.69, 9.17) is 0 Å². The number of sulfonamides is 1. The summed E-state index contributed by atoms with van der Waals surface area (Å²) < 4.78 is 27.5. The van der Waals surface area contributed by atoms with Gasteiger partial charge in [0.15, 0.2) is 0 Å². The summed E-state index contributed by atoms with van der Waals surface area (Å²) in [7, 11) is -3.78. The molecule has 2 aliphatic heterocycles. The summed E-state index contributed by atoms with van der Waals surface area (Å²) in [5.41, 5.74) is 3.01. The van der Waals surface area contributed by atoms with Gasteiger partial charge in [-0.1, -0.05) is 72.5 Å². The molecule has 178 valence electrons. The van der Waals surface area contributed by atoms with E-state index in [1.807, 2.05) is 54.6 Å². The van der Waals surface area contributed by atoms with Crippen molar-refractivity contribution in [3.63, 3.8) is 0 Å². The Labute approximate surface area is 205 Å². The van der Waals surface area contributed by atoms with Gasteiger partial charge in [0.2, 0.25) is 15.9 Å². The van der Waals surface area contributed by atoms with Gasteiger partial charge < -0.3 is 10.0 Å². The van der Waals surface area contributed by atoms with Crippen molar-refractivity contribution in [2.45, 2.75) is 29.3 Å². The molecular formula is C28H26N2O4S. The highest BCUT2D eigenvalue weighted by molar-refractivity contribution is 7.89. The second-order valence-electron chi connectivity index (χ2n) is 8.84. The topological polar surface area (TPSA) is 77.9 Å². The largest absolute Gasteiger partial charge is 0.394 e. The molecule has 3 atom stereocenters. The van der Waals surface area contributed by atoms with E-state index in [-0.39, 0.29) is 48.5 Å². The zero-order chi connectivity index (χ0) is 24.4. The Kier molecular flexibility index (Phi) is 6.44. The first-order valence-electron chi connectivity index (χ1n) is 11.6. The lowest BCUT2D eigenvalue weighted by molar-refractivity contribution is -0.158. The lowest BCUT2D eigenvalue weighted by Gasteiger charge is -2.58. The number of piperazine rings is 1. The molecule has 5 rings (SSSR count). The van der Waals surface area contributed by atoms with Crippen LogP contribution in [0.5, 0.6) is 0 Å². The van der Waals surface area contributed by atoms with E-state index in [0.717, 1.165) is 16.7 Å².